The standard InChI is InChI=1S/C10H7FN2O4/c11-8-5-7(13(16)17)4-6(10(8)12)2-1-3-9(14)15/h4-5H,3,12H2,(H,14,15). The number of non-ortho nitro benzene ring substituents is 1. The maximum absolute atomic E-state index is 13.2. The van der Waals surface area contributed by atoms with E-state index in [4.69, 9.17) is 10.8 Å². The molecular weight excluding hydrogens is 231 g/mol. The second kappa shape index (κ2) is 4.94. The van der Waals surface area contributed by atoms with E-state index in [9.17, 15) is 19.3 Å². The molecule has 0 aliphatic heterocycles. The zero-order chi connectivity index (χ0) is 13.0. The molecular formula is C10H7FN2O4. The Morgan fingerprint density at radius 1 is 1.59 bits per heavy atom. The molecule has 88 valence electrons. The van der Waals surface area contributed by atoms with Crippen LogP contribution in [0, 0.1) is 27.8 Å². The number of aliphatic carboxylic acids is 1. The number of halogens is 1. The minimum absolute atomic E-state index is 0.0991. The summed E-state index contributed by atoms with van der Waals surface area (Å²) in [5.41, 5.74) is 4.39. The second-order valence-corrected chi connectivity index (χ2v) is 3.02. The van der Waals surface area contributed by atoms with E-state index in [-0.39, 0.29) is 11.3 Å². The van der Waals surface area contributed by atoms with E-state index >= 15 is 0 Å². The van der Waals surface area contributed by atoms with Gasteiger partial charge in [0.1, 0.15) is 6.42 Å². The summed E-state index contributed by atoms with van der Waals surface area (Å²) in [5, 5.41) is 18.8. The quantitative estimate of drug-likeness (QED) is 0.348. The molecule has 1 aromatic carbocycles. The maximum atomic E-state index is 13.2. The van der Waals surface area contributed by atoms with Gasteiger partial charge in [-0.3, -0.25) is 14.9 Å². The topological polar surface area (TPSA) is 106 Å². The largest absolute Gasteiger partial charge is 0.481 e. The minimum Gasteiger partial charge on any atom is -0.481 e. The number of nitrogens with zero attached hydrogens (tertiary/aromatic N) is 1. The van der Waals surface area contributed by atoms with Gasteiger partial charge >= 0.3 is 5.97 Å². The summed E-state index contributed by atoms with van der Waals surface area (Å²) in [6.07, 6.45) is -0.455. The van der Waals surface area contributed by atoms with Gasteiger partial charge in [0.15, 0.2) is 5.82 Å². The zero-order valence-electron chi connectivity index (χ0n) is 8.44. The van der Waals surface area contributed by atoms with Crippen LogP contribution in [0.1, 0.15) is 12.0 Å². The fourth-order valence-electron chi connectivity index (χ4n) is 1.03. The highest BCUT2D eigenvalue weighted by atomic mass is 19.1. The Morgan fingerprint density at radius 3 is 2.76 bits per heavy atom. The van der Waals surface area contributed by atoms with E-state index < -0.39 is 28.8 Å². The summed E-state index contributed by atoms with van der Waals surface area (Å²) < 4.78 is 13.2. The molecule has 0 fully saturated rings. The van der Waals surface area contributed by atoms with Crippen molar-refractivity contribution in [1.29, 1.82) is 0 Å². The minimum atomic E-state index is -1.15. The molecule has 0 atom stereocenters. The summed E-state index contributed by atoms with van der Waals surface area (Å²) in [6, 6.07) is 1.67. The van der Waals surface area contributed by atoms with E-state index in [1.807, 2.05) is 0 Å². The highest BCUT2D eigenvalue weighted by molar-refractivity contribution is 5.71. The lowest BCUT2D eigenvalue weighted by molar-refractivity contribution is -0.385. The summed E-state index contributed by atoms with van der Waals surface area (Å²) in [5.74, 6) is 2.39. The van der Waals surface area contributed by atoms with Crippen molar-refractivity contribution >= 4 is 17.3 Å². The third-order valence-corrected chi connectivity index (χ3v) is 1.79. The molecule has 0 saturated carbocycles. The van der Waals surface area contributed by atoms with Gasteiger partial charge in [-0.2, -0.15) is 0 Å². The van der Waals surface area contributed by atoms with Gasteiger partial charge in [-0.05, 0) is 0 Å². The van der Waals surface area contributed by atoms with Crippen LogP contribution < -0.4 is 5.73 Å². The van der Waals surface area contributed by atoms with Gasteiger partial charge in [0, 0.05) is 6.07 Å². The van der Waals surface area contributed by atoms with Crippen molar-refractivity contribution in [1.82, 2.24) is 0 Å². The Bertz CT molecular complexity index is 545. The Morgan fingerprint density at radius 2 is 2.24 bits per heavy atom. The van der Waals surface area contributed by atoms with Crippen LogP contribution in [0.15, 0.2) is 12.1 Å². The van der Waals surface area contributed by atoms with Crippen LogP contribution in [0.3, 0.4) is 0 Å². The molecule has 7 heteroatoms. The first-order chi connectivity index (χ1) is 7.91. The normalized spacial score (nSPS) is 9.24. The number of nitrogens with two attached hydrogens (primary N) is 1. The first-order valence-corrected chi connectivity index (χ1v) is 4.36. The molecule has 3 N–H and O–H groups in total. The number of carbonyl (C=O) groups is 1. The fraction of sp³-hybridized carbons (Fsp3) is 0.100. The third kappa shape index (κ3) is 3.17. The van der Waals surface area contributed by atoms with Crippen LogP contribution >= 0.6 is 0 Å². The van der Waals surface area contributed by atoms with Crippen molar-refractivity contribution in [2.45, 2.75) is 6.42 Å². The number of nitrogen functional groups attached to an aromatic ring is 1. The van der Waals surface area contributed by atoms with Crippen molar-refractivity contribution < 1.29 is 19.2 Å². The predicted octanol–water partition coefficient (Wildman–Crippen LogP) is 1.14. The summed E-state index contributed by atoms with van der Waals surface area (Å²) in [6.45, 7) is 0. The lowest BCUT2D eigenvalue weighted by Crippen LogP contribution is -1.98. The molecule has 0 aromatic heterocycles. The molecule has 17 heavy (non-hydrogen) atoms. The highest BCUT2D eigenvalue weighted by Gasteiger charge is 2.13. The molecule has 0 amide bonds. The van der Waals surface area contributed by atoms with E-state index in [2.05, 4.69) is 11.8 Å². The van der Waals surface area contributed by atoms with E-state index in [0.29, 0.717) is 6.07 Å². The van der Waals surface area contributed by atoms with Gasteiger partial charge in [-0.25, -0.2) is 4.39 Å². The van der Waals surface area contributed by atoms with Crippen molar-refractivity contribution in [3.63, 3.8) is 0 Å². The SMILES string of the molecule is Nc1c(F)cc([N+](=O)[O-])cc1C#CCC(=O)O. The number of nitro groups is 1. The van der Waals surface area contributed by atoms with E-state index in [0.717, 1.165) is 6.07 Å². The number of anilines is 1. The van der Waals surface area contributed by atoms with Crippen LogP contribution in [0.5, 0.6) is 0 Å². The molecule has 0 spiro atoms. The average Bonchev–Trinajstić information content (AvgIpc) is 2.23. The Kier molecular flexibility index (Phi) is 3.62. The summed E-state index contributed by atoms with van der Waals surface area (Å²) in [7, 11) is 0. The zero-order valence-corrected chi connectivity index (χ0v) is 8.44. The Balaban J connectivity index is 3.17. The number of benzene rings is 1. The molecule has 0 aliphatic carbocycles. The van der Waals surface area contributed by atoms with Crippen LogP contribution in [0.4, 0.5) is 15.8 Å². The molecule has 1 rings (SSSR count). The Hall–Kier alpha value is -2.62. The van der Waals surface area contributed by atoms with E-state index in [1.165, 1.54) is 0 Å². The number of carboxylic acid groups (broad SMARTS) is 1. The molecule has 0 aliphatic rings. The molecule has 0 radical (unpaired) electrons. The lowest BCUT2D eigenvalue weighted by Gasteiger charge is -2.00. The second-order valence-electron chi connectivity index (χ2n) is 3.02. The predicted molar refractivity (Wildman–Crippen MR) is 56.6 cm³/mol. The monoisotopic (exact) mass is 238 g/mol. The smallest absolute Gasteiger partial charge is 0.315 e. The van der Waals surface area contributed by atoms with E-state index in [1.54, 1.807) is 0 Å². The summed E-state index contributed by atoms with van der Waals surface area (Å²) in [4.78, 5) is 19.9. The number of hydrogen-bond donors (Lipinski definition) is 2. The van der Waals surface area contributed by atoms with Gasteiger partial charge in [-0.1, -0.05) is 11.8 Å². The van der Waals surface area contributed by atoms with Gasteiger partial charge < -0.3 is 10.8 Å². The molecule has 0 saturated heterocycles. The van der Waals surface area contributed by atoms with Crippen LogP contribution in [0.2, 0.25) is 0 Å². The summed E-state index contributed by atoms with van der Waals surface area (Å²) >= 11 is 0. The molecule has 0 unspecified atom stereocenters. The van der Waals surface area contributed by atoms with Gasteiger partial charge in [0.25, 0.3) is 5.69 Å². The Labute approximate surface area is 95.0 Å². The maximum Gasteiger partial charge on any atom is 0.315 e. The number of nitro benzene ring substituents is 1. The number of hydrogen-bond acceptors (Lipinski definition) is 4. The number of carboxylic acids is 1. The third-order valence-electron chi connectivity index (χ3n) is 1.79. The molecule has 6 nitrogen and oxygen atoms in total. The van der Waals surface area contributed by atoms with Crippen LogP contribution in [0.25, 0.3) is 0 Å². The molecule has 1 aromatic rings. The lowest BCUT2D eigenvalue weighted by atomic mass is 10.1. The van der Waals surface area contributed by atoms with Crippen molar-refractivity contribution in [2.75, 3.05) is 5.73 Å². The average molecular weight is 238 g/mol. The number of rotatable bonds is 2. The van der Waals surface area contributed by atoms with Gasteiger partial charge in [0.2, 0.25) is 0 Å². The first kappa shape index (κ1) is 12.4. The van der Waals surface area contributed by atoms with Crippen LogP contribution in [-0.2, 0) is 4.79 Å². The van der Waals surface area contributed by atoms with Crippen molar-refractivity contribution in [2.24, 2.45) is 0 Å². The fourth-order valence-corrected chi connectivity index (χ4v) is 1.03. The van der Waals surface area contributed by atoms with Crippen molar-refractivity contribution in [3.05, 3.63) is 33.6 Å². The van der Waals surface area contributed by atoms with Crippen LogP contribution in [-0.4, -0.2) is 16.0 Å². The first-order valence-electron chi connectivity index (χ1n) is 4.36. The highest BCUT2D eigenvalue weighted by Crippen LogP contribution is 2.22. The van der Waals surface area contributed by atoms with Crippen molar-refractivity contribution in [3.8, 4) is 11.8 Å². The van der Waals surface area contributed by atoms with Gasteiger partial charge in [0.05, 0.1) is 22.2 Å². The molecule has 0 bridgehead atoms. The molecule has 0 heterocycles. The van der Waals surface area contributed by atoms with Gasteiger partial charge in [-0.15, -0.1) is 0 Å².